The van der Waals surface area contributed by atoms with Gasteiger partial charge in [-0.05, 0) is 41.1 Å². The van der Waals surface area contributed by atoms with Crippen LogP contribution in [0.3, 0.4) is 0 Å². The van der Waals surface area contributed by atoms with Crippen molar-refractivity contribution in [3.63, 3.8) is 0 Å². The highest BCUT2D eigenvalue weighted by Crippen LogP contribution is 2.30. The van der Waals surface area contributed by atoms with Crippen LogP contribution in [0.1, 0.15) is 32.4 Å². The van der Waals surface area contributed by atoms with Crippen molar-refractivity contribution in [2.45, 2.75) is 38.1 Å². The molecule has 3 rings (SSSR count). The number of amides is 1. The third kappa shape index (κ3) is 5.74. The fourth-order valence-electron chi connectivity index (χ4n) is 3.45. The molecule has 1 unspecified atom stereocenters. The first kappa shape index (κ1) is 24.3. The van der Waals surface area contributed by atoms with E-state index in [-0.39, 0.29) is 16.6 Å². The van der Waals surface area contributed by atoms with Gasteiger partial charge in [0.2, 0.25) is 15.9 Å². The van der Waals surface area contributed by atoms with E-state index in [9.17, 15) is 13.2 Å². The molecule has 1 heterocycles. The topological polar surface area (TPSA) is 119 Å². The lowest BCUT2D eigenvalue weighted by atomic mass is 10.1. The van der Waals surface area contributed by atoms with E-state index in [2.05, 4.69) is 20.8 Å². The third-order valence-electron chi connectivity index (χ3n) is 5.09. The maximum Gasteiger partial charge on any atom is 0.249 e. The molecule has 10 nitrogen and oxygen atoms in total. The van der Waals surface area contributed by atoms with Gasteiger partial charge in [0.15, 0.2) is 0 Å². The predicted octanol–water partition coefficient (Wildman–Crippen LogP) is 2.52. The molecule has 1 amide bonds. The smallest absolute Gasteiger partial charge is 0.249 e. The molecular formula is C22H28N6O4S. The average Bonchev–Trinajstić information content (AvgIpc) is 3.34. The van der Waals surface area contributed by atoms with Crippen molar-refractivity contribution in [2.75, 3.05) is 25.0 Å². The Hall–Kier alpha value is -3.31. The molecule has 0 bridgehead atoms. The number of hydrogen-bond acceptors (Lipinski definition) is 7. The second-order valence-electron chi connectivity index (χ2n) is 7.17. The van der Waals surface area contributed by atoms with Gasteiger partial charge in [0, 0.05) is 25.2 Å². The average molecular weight is 473 g/mol. The maximum atomic E-state index is 13.2. The van der Waals surface area contributed by atoms with E-state index in [1.54, 1.807) is 32.9 Å². The van der Waals surface area contributed by atoms with Crippen molar-refractivity contribution in [1.29, 1.82) is 0 Å². The molecule has 1 atom stereocenters. The number of tetrazole rings is 1. The first-order valence-electron chi connectivity index (χ1n) is 10.7. The molecule has 3 aromatic rings. The Morgan fingerprint density at radius 2 is 1.85 bits per heavy atom. The van der Waals surface area contributed by atoms with Crippen LogP contribution in [0.5, 0.6) is 5.75 Å². The number of nitrogens with one attached hydrogen (secondary N) is 1. The van der Waals surface area contributed by atoms with Crippen molar-refractivity contribution >= 4 is 21.6 Å². The van der Waals surface area contributed by atoms with Crippen molar-refractivity contribution in [1.82, 2.24) is 24.5 Å². The van der Waals surface area contributed by atoms with Crippen LogP contribution >= 0.6 is 0 Å². The zero-order chi connectivity index (χ0) is 23.8. The first-order valence-corrected chi connectivity index (χ1v) is 12.2. The molecular weight excluding hydrogens is 444 g/mol. The highest BCUT2D eigenvalue weighted by atomic mass is 32.2. The van der Waals surface area contributed by atoms with Gasteiger partial charge in [-0.25, -0.2) is 13.1 Å². The summed E-state index contributed by atoms with van der Waals surface area (Å²) in [4.78, 5) is 13.2. The van der Waals surface area contributed by atoms with Gasteiger partial charge in [0.25, 0.3) is 0 Å². The molecule has 0 saturated heterocycles. The molecule has 0 fully saturated rings. The van der Waals surface area contributed by atoms with E-state index in [0.29, 0.717) is 31.8 Å². The summed E-state index contributed by atoms with van der Waals surface area (Å²) in [6.07, 6.45) is 1.74. The van der Waals surface area contributed by atoms with E-state index < -0.39 is 16.1 Å². The Balaban J connectivity index is 1.93. The van der Waals surface area contributed by atoms with Crippen LogP contribution in [0, 0.1) is 0 Å². The fraction of sp³-hybridized carbons (Fsp3) is 0.364. The Morgan fingerprint density at radius 1 is 1.12 bits per heavy atom. The van der Waals surface area contributed by atoms with Crippen LogP contribution < -0.4 is 10.1 Å². The molecule has 0 radical (unpaired) electrons. The molecule has 0 spiro atoms. The number of sulfonamides is 1. The van der Waals surface area contributed by atoms with Gasteiger partial charge in [-0.2, -0.15) is 4.31 Å². The Bertz CT molecular complexity index is 1150. The van der Waals surface area contributed by atoms with E-state index in [0.717, 1.165) is 5.56 Å². The number of ether oxygens (including phenoxy) is 1. The lowest BCUT2D eigenvalue weighted by Crippen LogP contribution is -2.31. The Morgan fingerprint density at radius 3 is 2.45 bits per heavy atom. The van der Waals surface area contributed by atoms with Crippen LogP contribution in [0.25, 0.3) is 0 Å². The lowest BCUT2D eigenvalue weighted by molar-refractivity contribution is -0.119. The van der Waals surface area contributed by atoms with Crippen molar-refractivity contribution in [3.8, 4) is 5.75 Å². The SMILES string of the molecule is CCOc1ccc(NC(=O)C(Cc2ccccc2)n2cnnn2)cc1S(=O)(=O)N(CC)CC. The third-order valence-corrected chi connectivity index (χ3v) is 7.16. The van der Waals surface area contributed by atoms with Crippen molar-refractivity contribution in [3.05, 3.63) is 60.4 Å². The van der Waals surface area contributed by atoms with E-state index in [4.69, 9.17) is 4.74 Å². The Labute approximate surface area is 193 Å². The van der Waals surface area contributed by atoms with Crippen molar-refractivity contribution < 1.29 is 17.9 Å². The second-order valence-corrected chi connectivity index (χ2v) is 9.07. The number of hydrogen-bond donors (Lipinski definition) is 1. The standard InChI is InChI=1S/C22H28N6O4S/c1-4-27(5-2)33(30,31)21-15-18(12-13-20(21)32-6-3)24-22(29)19(28-16-23-25-26-28)14-17-10-8-7-9-11-17/h7-13,15-16,19H,4-6,14H2,1-3H3,(H,24,29). The van der Waals surface area contributed by atoms with Crippen LogP contribution in [0.4, 0.5) is 5.69 Å². The molecule has 0 aliphatic heterocycles. The van der Waals surface area contributed by atoms with Crippen LogP contribution in [-0.2, 0) is 21.2 Å². The van der Waals surface area contributed by atoms with Gasteiger partial charge in [0.05, 0.1) is 6.61 Å². The van der Waals surface area contributed by atoms with Gasteiger partial charge < -0.3 is 10.1 Å². The first-order chi connectivity index (χ1) is 15.9. The molecule has 0 saturated carbocycles. The van der Waals surface area contributed by atoms with Crippen LogP contribution in [0.2, 0.25) is 0 Å². The molecule has 1 aromatic heterocycles. The number of benzene rings is 2. The van der Waals surface area contributed by atoms with E-state index >= 15 is 0 Å². The minimum Gasteiger partial charge on any atom is -0.492 e. The summed E-state index contributed by atoms with van der Waals surface area (Å²) < 4.78 is 34.7. The highest BCUT2D eigenvalue weighted by Gasteiger charge is 2.28. The summed E-state index contributed by atoms with van der Waals surface area (Å²) in [6, 6.07) is 13.4. The van der Waals surface area contributed by atoms with Gasteiger partial charge in [-0.1, -0.05) is 44.2 Å². The lowest BCUT2D eigenvalue weighted by Gasteiger charge is -2.21. The molecule has 176 valence electrons. The molecule has 1 N–H and O–H groups in total. The summed E-state index contributed by atoms with van der Waals surface area (Å²) >= 11 is 0. The fourth-order valence-corrected chi connectivity index (χ4v) is 5.06. The summed E-state index contributed by atoms with van der Waals surface area (Å²) in [5.41, 5.74) is 1.27. The van der Waals surface area contributed by atoms with Crippen LogP contribution in [-0.4, -0.2) is 58.5 Å². The summed E-state index contributed by atoms with van der Waals surface area (Å²) in [5.74, 6) is -0.134. The van der Waals surface area contributed by atoms with E-state index in [1.165, 1.54) is 21.4 Å². The van der Waals surface area contributed by atoms with Gasteiger partial charge in [-0.15, -0.1) is 5.10 Å². The zero-order valence-corrected chi connectivity index (χ0v) is 19.7. The Kier molecular flexibility index (Phi) is 8.12. The highest BCUT2D eigenvalue weighted by molar-refractivity contribution is 7.89. The normalized spacial score (nSPS) is 12.5. The van der Waals surface area contributed by atoms with Crippen LogP contribution in [0.15, 0.2) is 59.8 Å². The van der Waals surface area contributed by atoms with Gasteiger partial charge in [-0.3, -0.25) is 4.79 Å². The van der Waals surface area contributed by atoms with Gasteiger partial charge in [0.1, 0.15) is 23.0 Å². The minimum absolute atomic E-state index is 0.00730. The largest absolute Gasteiger partial charge is 0.492 e. The molecule has 33 heavy (non-hydrogen) atoms. The number of nitrogens with zero attached hydrogens (tertiary/aromatic N) is 5. The van der Waals surface area contributed by atoms with E-state index in [1.807, 2.05) is 30.3 Å². The molecule has 2 aromatic carbocycles. The van der Waals surface area contributed by atoms with Crippen molar-refractivity contribution in [2.24, 2.45) is 0 Å². The predicted molar refractivity (Wildman–Crippen MR) is 123 cm³/mol. The summed E-state index contributed by atoms with van der Waals surface area (Å²) in [6.45, 7) is 6.27. The number of carbonyl (C=O) groups is 1. The second kappa shape index (κ2) is 11.0. The zero-order valence-electron chi connectivity index (χ0n) is 18.9. The minimum atomic E-state index is -3.80. The molecule has 0 aliphatic rings. The summed E-state index contributed by atoms with van der Waals surface area (Å²) in [5, 5.41) is 14.0. The summed E-state index contributed by atoms with van der Waals surface area (Å²) in [7, 11) is -3.80. The number of anilines is 1. The molecule has 11 heteroatoms. The number of aromatic nitrogens is 4. The maximum absolute atomic E-state index is 13.2. The quantitative estimate of drug-likeness (QED) is 0.455. The number of carbonyl (C=O) groups excluding carboxylic acids is 1. The number of rotatable bonds is 11. The molecule has 0 aliphatic carbocycles. The monoisotopic (exact) mass is 472 g/mol. The van der Waals surface area contributed by atoms with Gasteiger partial charge >= 0.3 is 0 Å².